The highest BCUT2D eigenvalue weighted by molar-refractivity contribution is 5.94. The number of aryl methyl sites for hydroxylation is 1. The zero-order chi connectivity index (χ0) is 22.8. The van der Waals surface area contributed by atoms with E-state index in [-0.39, 0.29) is 11.5 Å². The summed E-state index contributed by atoms with van der Waals surface area (Å²) in [4.78, 5) is 30.6. The van der Waals surface area contributed by atoms with E-state index in [0.29, 0.717) is 33.7 Å². The van der Waals surface area contributed by atoms with Crippen LogP contribution in [0.3, 0.4) is 0 Å². The second-order valence-electron chi connectivity index (χ2n) is 7.70. The second-order valence-corrected chi connectivity index (χ2v) is 7.70. The number of carbonyl (C=O) groups excluding carboxylic acids is 1. The molecule has 1 amide bonds. The molecule has 33 heavy (non-hydrogen) atoms. The van der Waals surface area contributed by atoms with E-state index < -0.39 is 6.04 Å². The maximum atomic E-state index is 13.0. The monoisotopic (exact) mass is 435 g/mol. The van der Waals surface area contributed by atoms with Gasteiger partial charge in [-0.1, -0.05) is 42.5 Å². The summed E-state index contributed by atoms with van der Waals surface area (Å²) in [5.41, 5.74) is 2.57. The lowest BCUT2D eigenvalue weighted by Crippen LogP contribution is -2.29. The van der Waals surface area contributed by atoms with Gasteiger partial charge in [0, 0.05) is 5.56 Å². The number of fused-ring (bicyclic) bond motifs is 1. The van der Waals surface area contributed by atoms with Crippen LogP contribution in [0.15, 0.2) is 106 Å². The number of rotatable bonds is 5. The molecular weight excluding hydrogens is 414 g/mol. The number of hydrogen-bond donors (Lipinski definition) is 1. The van der Waals surface area contributed by atoms with Gasteiger partial charge < -0.3 is 9.73 Å². The maximum Gasteiger partial charge on any atom is 0.265 e. The fraction of sp³-hybridized carbons (Fsp3) is 0.0741. The van der Waals surface area contributed by atoms with Gasteiger partial charge in [0.05, 0.1) is 22.9 Å². The van der Waals surface area contributed by atoms with Crippen LogP contribution in [-0.4, -0.2) is 15.5 Å². The summed E-state index contributed by atoms with van der Waals surface area (Å²) < 4.78 is 7.12. The Balaban J connectivity index is 1.45. The molecule has 0 bridgehead atoms. The van der Waals surface area contributed by atoms with Gasteiger partial charge in [-0.15, -0.1) is 0 Å². The molecule has 0 aliphatic carbocycles. The molecule has 0 aliphatic rings. The van der Waals surface area contributed by atoms with Gasteiger partial charge in [-0.25, -0.2) is 4.98 Å². The Labute approximate surface area is 190 Å². The number of para-hydroxylation sites is 1. The molecule has 0 fully saturated rings. The first-order chi connectivity index (χ1) is 16.1. The summed E-state index contributed by atoms with van der Waals surface area (Å²) in [5, 5.41) is 3.59. The Morgan fingerprint density at radius 2 is 1.64 bits per heavy atom. The van der Waals surface area contributed by atoms with E-state index in [4.69, 9.17) is 4.42 Å². The zero-order valence-electron chi connectivity index (χ0n) is 17.9. The molecule has 2 aromatic heterocycles. The fourth-order valence-electron chi connectivity index (χ4n) is 3.94. The molecule has 1 N–H and O–H groups in total. The molecular formula is C27H21N3O3. The lowest BCUT2D eigenvalue weighted by Gasteiger charge is -2.17. The summed E-state index contributed by atoms with van der Waals surface area (Å²) in [5.74, 6) is 0.987. The summed E-state index contributed by atoms with van der Waals surface area (Å²) in [6, 6.07) is 27.1. The predicted octanol–water partition coefficient (Wildman–Crippen LogP) is 4.81. The van der Waals surface area contributed by atoms with Crippen LogP contribution < -0.4 is 10.9 Å². The van der Waals surface area contributed by atoms with Crippen LogP contribution in [-0.2, 0) is 0 Å². The highest BCUT2D eigenvalue weighted by atomic mass is 16.3. The van der Waals surface area contributed by atoms with Crippen LogP contribution in [0, 0.1) is 6.92 Å². The molecule has 2 heterocycles. The normalized spacial score (nSPS) is 11.9. The molecule has 0 saturated carbocycles. The largest absolute Gasteiger partial charge is 0.467 e. The molecule has 1 unspecified atom stereocenters. The van der Waals surface area contributed by atoms with E-state index >= 15 is 0 Å². The van der Waals surface area contributed by atoms with Crippen molar-refractivity contribution in [2.24, 2.45) is 0 Å². The quantitative estimate of drug-likeness (QED) is 0.430. The summed E-state index contributed by atoms with van der Waals surface area (Å²) in [6.07, 6.45) is 1.59. The van der Waals surface area contributed by atoms with Gasteiger partial charge in [0.25, 0.3) is 11.5 Å². The number of furan rings is 1. The third kappa shape index (κ3) is 3.94. The van der Waals surface area contributed by atoms with Crippen molar-refractivity contribution >= 4 is 16.8 Å². The van der Waals surface area contributed by atoms with Crippen molar-refractivity contribution in [2.45, 2.75) is 13.0 Å². The first-order valence-electron chi connectivity index (χ1n) is 10.6. The Hall–Kier alpha value is -4.45. The lowest BCUT2D eigenvalue weighted by molar-refractivity contribution is 0.0939. The van der Waals surface area contributed by atoms with E-state index in [1.165, 1.54) is 0 Å². The van der Waals surface area contributed by atoms with E-state index in [1.54, 1.807) is 54.2 Å². The minimum Gasteiger partial charge on any atom is -0.467 e. The van der Waals surface area contributed by atoms with Crippen LogP contribution in [0.1, 0.15) is 33.5 Å². The third-order valence-corrected chi connectivity index (χ3v) is 5.57. The standard InChI is InChI=1S/C27H21N3O3/c1-18-28-23-11-6-5-10-22(23)27(32)30(18)21-15-13-20(14-16-21)26(31)29-25(24-12-7-17-33-24)19-8-3-2-4-9-19/h2-17,25H,1H3,(H,29,31). The van der Waals surface area contributed by atoms with Crippen molar-refractivity contribution < 1.29 is 9.21 Å². The van der Waals surface area contributed by atoms with E-state index in [1.807, 2.05) is 54.6 Å². The smallest absolute Gasteiger partial charge is 0.265 e. The van der Waals surface area contributed by atoms with E-state index in [2.05, 4.69) is 10.3 Å². The van der Waals surface area contributed by atoms with Crippen molar-refractivity contribution in [1.29, 1.82) is 0 Å². The van der Waals surface area contributed by atoms with Crippen molar-refractivity contribution in [1.82, 2.24) is 14.9 Å². The molecule has 1 atom stereocenters. The number of aromatic nitrogens is 2. The summed E-state index contributed by atoms with van der Waals surface area (Å²) in [6.45, 7) is 1.79. The van der Waals surface area contributed by atoms with Gasteiger partial charge in [-0.2, -0.15) is 0 Å². The van der Waals surface area contributed by atoms with Crippen LogP contribution in [0.2, 0.25) is 0 Å². The van der Waals surface area contributed by atoms with Gasteiger partial charge in [-0.05, 0) is 61.0 Å². The van der Waals surface area contributed by atoms with Crippen LogP contribution in [0.4, 0.5) is 0 Å². The zero-order valence-corrected chi connectivity index (χ0v) is 17.9. The SMILES string of the molecule is Cc1nc2ccccc2c(=O)n1-c1ccc(C(=O)NC(c2ccccc2)c2ccco2)cc1. The van der Waals surface area contributed by atoms with Crippen molar-refractivity contribution in [3.05, 3.63) is 130 Å². The molecule has 6 heteroatoms. The van der Waals surface area contributed by atoms with Gasteiger partial charge in [0.1, 0.15) is 17.6 Å². The van der Waals surface area contributed by atoms with Gasteiger partial charge >= 0.3 is 0 Å². The highest BCUT2D eigenvalue weighted by Gasteiger charge is 2.20. The molecule has 3 aromatic carbocycles. The summed E-state index contributed by atoms with van der Waals surface area (Å²) >= 11 is 0. The van der Waals surface area contributed by atoms with Crippen molar-refractivity contribution in [3.8, 4) is 5.69 Å². The minimum atomic E-state index is -0.414. The third-order valence-electron chi connectivity index (χ3n) is 5.57. The first-order valence-corrected chi connectivity index (χ1v) is 10.6. The molecule has 0 aliphatic heterocycles. The second kappa shape index (κ2) is 8.59. The topological polar surface area (TPSA) is 77.1 Å². The Morgan fingerprint density at radius 3 is 2.36 bits per heavy atom. The highest BCUT2D eigenvalue weighted by Crippen LogP contribution is 2.23. The number of benzene rings is 3. The first kappa shape index (κ1) is 20.5. The van der Waals surface area contributed by atoms with Gasteiger partial charge in [0.2, 0.25) is 0 Å². The molecule has 5 aromatic rings. The molecule has 0 spiro atoms. The maximum absolute atomic E-state index is 13.0. The van der Waals surface area contributed by atoms with Gasteiger partial charge in [-0.3, -0.25) is 14.2 Å². The molecule has 6 nitrogen and oxygen atoms in total. The minimum absolute atomic E-state index is 0.141. The number of nitrogens with zero attached hydrogens (tertiary/aromatic N) is 2. The number of nitrogens with one attached hydrogen (secondary N) is 1. The van der Waals surface area contributed by atoms with Crippen LogP contribution >= 0.6 is 0 Å². The average molecular weight is 435 g/mol. The van der Waals surface area contributed by atoms with Gasteiger partial charge in [0.15, 0.2) is 0 Å². The van der Waals surface area contributed by atoms with Crippen LogP contribution in [0.25, 0.3) is 16.6 Å². The molecule has 0 radical (unpaired) electrons. The number of carbonyl (C=O) groups is 1. The fourth-order valence-corrected chi connectivity index (χ4v) is 3.94. The lowest BCUT2D eigenvalue weighted by atomic mass is 10.0. The average Bonchev–Trinajstić information content (AvgIpc) is 3.38. The number of hydrogen-bond acceptors (Lipinski definition) is 4. The van der Waals surface area contributed by atoms with Crippen molar-refractivity contribution in [3.63, 3.8) is 0 Å². The van der Waals surface area contributed by atoms with Crippen LogP contribution in [0.5, 0.6) is 0 Å². The van der Waals surface area contributed by atoms with E-state index in [9.17, 15) is 9.59 Å². The molecule has 5 rings (SSSR count). The Kier molecular flexibility index (Phi) is 5.32. The molecule has 0 saturated heterocycles. The predicted molar refractivity (Wildman–Crippen MR) is 127 cm³/mol. The van der Waals surface area contributed by atoms with E-state index in [0.717, 1.165) is 5.56 Å². The summed E-state index contributed by atoms with van der Waals surface area (Å²) in [7, 11) is 0. The Bertz CT molecular complexity index is 1470. The molecule has 162 valence electrons. The van der Waals surface area contributed by atoms with Crippen molar-refractivity contribution in [2.75, 3.05) is 0 Å². The number of amides is 1. The Morgan fingerprint density at radius 1 is 0.909 bits per heavy atom.